The summed E-state index contributed by atoms with van der Waals surface area (Å²) in [7, 11) is 0. The maximum atomic E-state index is 8.42. The van der Waals surface area contributed by atoms with Gasteiger partial charge in [-0.25, -0.2) is 0 Å². The van der Waals surface area contributed by atoms with Crippen molar-refractivity contribution in [3.8, 4) is 0 Å². The Hall–Kier alpha value is 2.34. The fourth-order valence-electron chi connectivity index (χ4n) is 0. The van der Waals surface area contributed by atoms with Crippen molar-refractivity contribution in [3.05, 3.63) is 0 Å². The molecule has 0 bridgehead atoms. The Morgan fingerprint density at radius 1 is 1.25 bits per heavy atom. The van der Waals surface area contributed by atoms with Crippen LogP contribution in [0.1, 0.15) is 0 Å². The minimum absolute atomic E-state index is 0.0556. The summed E-state index contributed by atoms with van der Waals surface area (Å²) < 4.78 is 16.8. The van der Waals surface area contributed by atoms with E-state index in [1.165, 1.54) is 0 Å². The molecule has 0 rings (SSSR count). The third kappa shape index (κ3) is 8.84. The van der Waals surface area contributed by atoms with Crippen LogP contribution in [-0.4, -0.2) is 0 Å². The van der Waals surface area contributed by atoms with Crippen molar-refractivity contribution in [1.82, 2.24) is 0 Å². The molecule has 0 atom stereocenters. The molecule has 0 radical (unpaired) electrons. The molecule has 0 saturated carbocycles. The van der Waals surface area contributed by atoms with E-state index in [1.807, 2.05) is 0 Å². The molecular weight excluding hydrogens is 313 g/mol. The summed E-state index contributed by atoms with van der Waals surface area (Å²) in [6.45, 7) is 0. The molecule has 0 unspecified atom stereocenters. The molecule has 0 aliphatic rings. The maximum absolute atomic E-state index is 8.42. The van der Waals surface area contributed by atoms with Crippen LogP contribution in [-0.2, 0) is 1.93 Å². The van der Waals surface area contributed by atoms with Crippen LogP contribution in [0, 0.1) is 79.1 Å². The predicted octanol–water partition coefficient (Wildman–Crippen LogP) is -0.238. The van der Waals surface area contributed by atoms with Gasteiger partial charge in [0, 0.05) is 0 Å². The Bertz CT molecular complexity index is 8.00. The van der Waals surface area contributed by atoms with Crippen molar-refractivity contribution in [1.29, 1.82) is 0 Å². The Morgan fingerprint density at radius 3 is 1.25 bits per heavy atom. The van der Waals surface area contributed by atoms with Crippen molar-refractivity contribution in [2.24, 2.45) is 0 Å². The van der Waals surface area contributed by atoms with Crippen LogP contribution < -0.4 is 0 Å². The molecule has 4 heteroatoms. The first kappa shape index (κ1) is 9.60. The first-order valence-corrected chi connectivity index (χ1v) is 3.23. The van der Waals surface area contributed by atoms with E-state index in [1.54, 1.807) is 0 Å². The number of hydrogen-bond acceptors (Lipinski definition) is 2. The van der Waals surface area contributed by atoms with Crippen LogP contribution >= 0.6 is 0 Å². The van der Waals surface area contributed by atoms with Gasteiger partial charge in [0.2, 0.25) is 0 Å². The molecule has 2 nitrogen and oxygen atoms in total. The second-order valence-electron chi connectivity index (χ2n) is 0. The van der Waals surface area contributed by atoms with Gasteiger partial charge >= 0.3 is 81.0 Å². The molecule has 0 aliphatic carbocycles. The van der Waals surface area contributed by atoms with E-state index < -0.39 is 0 Å². The first-order chi connectivity index (χ1) is 2.00. The zero-order chi connectivity index (χ0) is 4.00. The van der Waals surface area contributed by atoms with Gasteiger partial charge in [0.25, 0.3) is 0 Å². The molecule has 0 amide bonds. The number of rotatable bonds is 0. The molecule has 0 saturated heterocycles. The molecule has 0 aromatic rings. The van der Waals surface area contributed by atoms with Gasteiger partial charge < -0.3 is 0 Å². The van der Waals surface area contributed by atoms with Crippen LogP contribution in [0.3, 0.4) is 0 Å². The second kappa shape index (κ2) is 18.4. The van der Waals surface area contributed by atoms with Crippen molar-refractivity contribution < 1.29 is 81.0 Å². The van der Waals surface area contributed by atoms with Crippen molar-refractivity contribution >= 4 is 0 Å². The van der Waals surface area contributed by atoms with Gasteiger partial charge in [0.05, 0.1) is 0 Å². The Balaban J connectivity index is 0. The van der Waals surface area contributed by atoms with Gasteiger partial charge in [0.15, 0.2) is 0 Å². The van der Waals surface area contributed by atoms with Crippen LogP contribution in [0.5, 0.6) is 0 Å². The van der Waals surface area contributed by atoms with E-state index in [4.69, 9.17) is 1.93 Å². The molecule has 0 N–H and O–H groups in total. The molecule has 0 fully saturated rings. The van der Waals surface area contributed by atoms with Gasteiger partial charge in [-0.05, 0) is 0 Å². The van der Waals surface area contributed by atoms with E-state index >= 15 is 0 Å². The molecule has 0 aliphatic heterocycles. The van der Waals surface area contributed by atoms with Gasteiger partial charge in [-0.3, -0.25) is 0 Å². The normalized spacial score (nSPS) is 2.25. The standard InChI is InChI=1S/Ce.2O.Pr. The van der Waals surface area contributed by atoms with E-state index in [0.29, 0.717) is 0 Å². The molecule has 4 heavy (non-hydrogen) atoms. The van der Waals surface area contributed by atoms with Gasteiger partial charge in [-0.15, -0.1) is 0 Å². The third-order valence-corrected chi connectivity index (χ3v) is 0. The van der Waals surface area contributed by atoms with Crippen LogP contribution in [0.4, 0.5) is 0 Å². The number of hydrogen-bond donors (Lipinski definition) is 0. The summed E-state index contributed by atoms with van der Waals surface area (Å²) in [6, 6.07) is 0. The fraction of sp³-hybridized carbons (Fsp3) is 0. The SMILES string of the molecule is [O]=[Ce].[O]=[Pr]. The summed E-state index contributed by atoms with van der Waals surface area (Å²) >= 11 is -0.0278. The van der Waals surface area contributed by atoms with E-state index in [0.717, 1.165) is 0 Å². The van der Waals surface area contributed by atoms with E-state index in [2.05, 4.69) is 0 Å². The van der Waals surface area contributed by atoms with Gasteiger partial charge in [-0.2, -0.15) is 0 Å². The van der Waals surface area contributed by atoms with Crippen LogP contribution in [0.15, 0.2) is 0 Å². The summed E-state index contributed by atoms with van der Waals surface area (Å²) in [4.78, 5) is 0. The van der Waals surface area contributed by atoms with Crippen molar-refractivity contribution in [2.75, 3.05) is 0 Å². The molecule has 0 aromatic carbocycles. The van der Waals surface area contributed by atoms with Gasteiger partial charge in [0.1, 0.15) is 0 Å². The van der Waals surface area contributed by atoms with E-state index in [-0.39, 0.29) is 79.1 Å². The average Bonchev–Trinajstić information content (AvgIpc) is 1.50. The van der Waals surface area contributed by atoms with Crippen molar-refractivity contribution in [2.45, 2.75) is 0 Å². The Labute approximate surface area is 78.7 Å². The van der Waals surface area contributed by atoms with Crippen LogP contribution in [0.25, 0.3) is 0 Å². The summed E-state index contributed by atoms with van der Waals surface area (Å²) in [5.74, 6) is 0. The zero-order valence-corrected chi connectivity index (χ0v) is 8.74. The Kier molecular flexibility index (Phi) is 44.1. The molecule has 19 valence electrons. The van der Waals surface area contributed by atoms with E-state index in [9.17, 15) is 0 Å². The molecule has 0 heterocycles. The summed E-state index contributed by atoms with van der Waals surface area (Å²) in [5.41, 5.74) is 0. The third-order valence-electron chi connectivity index (χ3n) is 0. The molecular formula is CeO2Pr. The Morgan fingerprint density at radius 2 is 1.25 bits per heavy atom. The monoisotopic (exact) mass is 313 g/mol. The quantitative estimate of drug-likeness (QED) is 0.619. The summed E-state index contributed by atoms with van der Waals surface area (Å²) in [6.07, 6.45) is 0. The van der Waals surface area contributed by atoms with Gasteiger partial charge in [-0.1, -0.05) is 0 Å². The van der Waals surface area contributed by atoms with Crippen LogP contribution in [0.2, 0.25) is 0 Å². The minimum atomic E-state index is -0.0833. The summed E-state index contributed by atoms with van der Waals surface area (Å²) in [5, 5.41) is 0. The first-order valence-electron chi connectivity index (χ1n) is 0.440. The molecule has 0 spiro atoms. The van der Waals surface area contributed by atoms with Crippen molar-refractivity contribution in [3.63, 3.8) is 0 Å². The fourth-order valence-corrected chi connectivity index (χ4v) is 0. The zero-order valence-electron chi connectivity index (χ0n) is 1.89. The second-order valence-corrected chi connectivity index (χ2v) is 0. The topological polar surface area (TPSA) is 34.1 Å². The predicted molar refractivity (Wildman–Crippen MR) is 1.37 cm³/mol. The molecule has 0 aromatic heterocycles. The average molecular weight is 313 g/mol.